The number of amides is 1. The molecule has 0 aliphatic carbocycles. The van der Waals surface area contributed by atoms with E-state index in [9.17, 15) is 4.79 Å². The summed E-state index contributed by atoms with van der Waals surface area (Å²) in [5.74, 6) is 0.688. The molecule has 3 aromatic rings. The van der Waals surface area contributed by atoms with Crippen molar-refractivity contribution in [3.63, 3.8) is 0 Å². The number of hydrogen-bond acceptors (Lipinski definition) is 6. The fourth-order valence-corrected chi connectivity index (χ4v) is 3.12. The summed E-state index contributed by atoms with van der Waals surface area (Å²) in [7, 11) is 0. The Bertz CT molecular complexity index is 815. The number of hydrogen-bond donors (Lipinski definition) is 1. The number of benzene rings is 1. The number of oxazole rings is 1. The summed E-state index contributed by atoms with van der Waals surface area (Å²) in [4.78, 5) is 21.0. The van der Waals surface area contributed by atoms with E-state index in [1.54, 1.807) is 18.3 Å². The topological polar surface area (TPSA) is 77.2 Å². The van der Waals surface area contributed by atoms with Gasteiger partial charge in [-0.05, 0) is 49.7 Å². The van der Waals surface area contributed by atoms with Crippen molar-refractivity contribution in [2.75, 3.05) is 11.9 Å². The van der Waals surface area contributed by atoms with E-state index < -0.39 is 0 Å². The molecule has 1 aromatic carbocycles. The van der Waals surface area contributed by atoms with Crippen molar-refractivity contribution in [1.29, 1.82) is 0 Å². The molecule has 7 heteroatoms. The average Bonchev–Trinajstić information content (AvgIpc) is 3.04. The van der Waals surface area contributed by atoms with Gasteiger partial charge in [0.2, 0.25) is 5.91 Å². The van der Waals surface area contributed by atoms with Crippen LogP contribution in [-0.4, -0.2) is 27.7 Å². The molecule has 2 heterocycles. The van der Waals surface area contributed by atoms with Crippen LogP contribution in [0.3, 0.4) is 0 Å². The van der Waals surface area contributed by atoms with Crippen LogP contribution in [0.25, 0.3) is 11.2 Å². The van der Waals surface area contributed by atoms with Crippen LogP contribution in [0.1, 0.15) is 20.3 Å². The third-order valence-corrected chi connectivity index (χ3v) is 4.69. The molecule has 3 rings (SSSR count). The van der Waals surface area contributed by atoms with Gasteiger partial charge in [0.1, 0.15) is 5.75 Å². The third-order valence-electron chi connectivity index (χ3n) is 3.48. The minimum Gasteiger partial charge on any atom is -0.494 e. The van der Waals surface area contributed by atoms with Crippen LogP contribution in [0.2, 0.25) is 0 Å². The second kappa shape index (κ2) is 8.02. The molecule has 0 saturated carbocycles. The number of anilines is 1. The molecule has 0 spiro atoms. The quantitative estimate of drug-likeness (QED) is 0.641. The molecular weight excluding hydrogens is 338 g/mol. The first-order valence-electron chi connectivity index (χ1n) is 8.11. The van der Waals surface area contributed by atoms with Crippen LogP contribution < -0.4 is 10.1 Å². The standard InChI is InChI=1S/C18H19N3O3S/c1-3-15(25-18-21-16-14(24-18)6-5-11-19-16)17(22)20-12-7-9-13(10-8-12)23-4-2/h5-11,15H,3-4H2,1-2H3,(H,20,22)/t15-/m1/s1. The van der Waals surface area contributed by atoms with Crippen LogP contribution in [0.4, 0.5) is 5.69 Å². The number of pyridine rings is 1. The molecule has 130 valence electrons. The van der Waals surface area contributed by atoms with Crippen molar-refractivity contribution in [3.05, 3.63) is 42.6 Å². The summed E-state index contributed by atoms with van der Waals surface area (Å²) < 4.78 is 11.0. The SMILES string of the molecule is CCOc1ccc(NC(=O)[C@@H](CC)Sc2nc3ncccc3o2)cc1. The molecule has 0 aliphatic heterocycles. The molecule has 25 heavy (non-hydrogen) atoms. The highest BCUT2D eigenvalue weighted by atomic mass is 32.2. The predicted octanol–water partition coefficient (Wildman–Crippen LogP) is 4.13. The molecule has 0 bridgehead atoms. The Morgan fingerprint density at radius 2 is 2.08 bits per heavy atom. The first-order chi connectivity index (χ1) is 12.2. The van der Waals surface area contributed by atoms with Gasteiger partial charge in [-0.25, -0.2) is 4.98 Å². The predicted molar refractivity (Wildman–Crippen MR) is 98.0 cm³/mol. The number of fused-ring (bicyclic) bond motifs is 1. The minimum atomic E-state index is -0.306. The number of carbonyl (C=O) groups is 1. The molecule has 1 amide bonds. The maximum Gasteiger partial charge on any atom is 0.259 e. The molecule has 1 atom stereocenters. The lowest BCUT2D eigenvalue weighted by atomic mass is 10.2. The zero-order valence-electron chi connectivity index (χ0n) is 14.1. The van der Waals surface area contributed by atoms with E-state index in [1.165, 1.54) is 11.8 Å². The van der Waals surface area contributed by atoms with Gasteiger partial charge in [0.15, 0.2) is 11.2 Å². The van der Waals surface area contributed by atoms with Gasteiger partial charge in [0.25, 0.3) is 5.22 Å². The number of nitrogens with one attached hydrogen (secondary N) is 1. The van der Waals surface area contributed by atoms with Crippen molar-refractivity contribution in [1.82, 2.24) is 9.97 Å². The van der Waals surface area contributed by atoms with Crippen LogP contribution in [0.15, 0.2) is 52.2 Å². The van der Waals surface area contributed by atoms with E-state index >= 15 is 0 Å². The molecule has 0 fully saturated rings. The highest BCUT2D eigenvalue weighted by molar-refractivity contribution is 8.00. The fourth-order valence-electron chi connectivity index (χ4n) is 2.27. The van der Waals surface area contributed by atoms with Gasteiger partial charge in [-0.2, -0.15) is 4.98 Å². The van der Waals surface area contributed by atoms with Gasteiger partial charge >= 0.3 is 0 Å². The van der Waals surface area contributed by atoms with Gasteiger partial charge in [0.05, 0.1) is 11.9 Å². The van der Waals surface area contributed by atoms with Gasteiger partial charge in [0, 0.05) is 11.9 Å². The Morgan fingerprint density at radius 3 is 2.76 bits per heavy atom. The van der Waals surface area contributed by atoms with E-state index in [1.807, 2.05) is 38.1 Å². The largest absolute Gasteiger partial charge is 0.494 e. The fraction of sp³-hybridized carbons (Fsp3) is 0.278. The first kappa shape index (κ1) is 17.3. The van der Waals surface area contributed by atoms with Crippen molar-refractivity contribution >= 4 is 34.6 Å². The Kier molecular flexibility index (Phi) is 5.55. The highest BCUT2D eigenvalue weighted by Gasteiger charge is 2.21. The molecule has 0 radical (unpaired) electrons. The summed E-state index contributed by atoms with van der Waals surface area (Å²) in [6.07, 6.45) is 2.31. The van der Waals surface area contributed by atoms with Gasteiger partial charge < -0.3 is 14.5 Å². The zero-order chi connectivity index (χ0) is 17.6. The summed E-state index contributed by atoms with van der Waals surface area (Å²) in [5.41, 5.74) is 1.89. The molecule has 2 aromatic heterocycles. The van der Waals surface area contributed by atoms with Crippen molar-refractivity contribution in [2.24, 2.45) is 0 Å². The number of nitrogens with zero attached hydrogens (tertiary/aromatic N) is 2. The Labute approximate surface area is 150 Å². The number of ether oxygens (including phenoxy) is 1. The third kappa shape index (κ3) is 4.30. The smallest absolute Gasteiger partial charge is 0.259 e. The van der Waals surface area contributed by atoms with E-state index in [-0.39, 0.29) is 11.2 Å². The molecule has 0 unspecified atom stereocenters. The maximum absolute atomic E-state index is 12.5. The van der Waals surface area contributed by atoms with Crippen LogP contribution in [0.5, 0.6) is 5.75 Å². The van der Waals surface area contributed by atoms with E-state index in [4.69, 9.17) is 9.15 Å². The minimum absolute atomic E-state index is 0.0909. The van der Waals surface area contributed by atoms with E-state index in [0.29, 0.717) is 29.5 Å². The molecule has 0 aliphatic rings. The van der Waals surface area contributed by atoms with E-state index in [0.717, 1.165) is 11.4 Å². The maximum atomic E-state index is 12.5. The summed E-state index contributed by atoms with van der Waals surface area (Å²) in [5, 5.41) is 3.06. The number of thioether (sulfide) groups is 1. The number of carbonyl (C=O) groups excluding carboxylic acids is 1. The Balaban J connectivity index is 1.66. The lowest BCUT2D eigenvalue weighted by molar-refractivity contribution is -0.115. The average molecular weight is 357 g/mol. The molecule has 1 N–H and O–H groups in total. The lowest BCUT2D eigenvalue weighted by Gasteiger charge is -2.13. The van der Waals surface area contributed by atoms with E-state index in [2.05, 4.69) is 15.3 Å². The van der Waals surface area contributed by atoms with Crippen molar-refractivity contribution < 1.29 is 13.9 Å². The second-order valence-corrected chi connectivity index (χ2v) is 6.42. The van der Waals surface area contributed by atoms with Crippen molar-refractivity contribution in [2.45, 2.75) is 30.7 Å². The van der Waals surface area contributed by atoms with Gasteiger partial charge in [-0.3, -0.25) is 4.79 Å². The summed E-state index contributed by atoms with van der Waals surface area (Å²) >= 11 is 1.30. The lowest BCUT2D eigenvalue weighted by Crippen LogP contribution is -2.24. The monoisotopic (exact) mass is 357 g/mol. The highest BCUT2D eigenvalue weighted by Crippen LogP contribution is 2.28. The summed E-state index contributed by atoms with van der Waals surface area (Å²) in [6, 6.07) is 10.9. The first-order valence-corrected chi connectivity index (χ1v) is 8.99. The van der Waals surface area contributed by atoms with Crippen LogP contribution in [0, 0.1) is 0 Å². The second-order valence-electron chi connectivity index (χ2n) is 5.27. The molecule has 0 saturated heterocycles. The zero-order valence-corrected chi connectivity index (χ0v) is 14.9. The number of rotatable bonds is 7. The van der Waals surface area contributed by atoms with Crippen LogP contribution in [-0.2, 0) is 4.79 Å². The number of aromatic nitrogens is 2. The Morgan fingerprint density at radius 1 is 1.28 bits per heavy atom. The van der Waals surface area contributed by atoms with Crippen molar-refractivity contribution in [3.8, 4) is 5.75 Å². The normalized spacial score (nSPS) is 12.1. The van der Waals surface area contributed by atoms with Crippen LogP contribution >= 0.6 is 11.8 Å². The van der Waals surface area contributed by atoms with Gasteiger partial charge in [-0.15, -0.1) is 0 Å². The molecule has 6 nitrogen and oxygen atoms in total. The molecular formula is C18H19N3O3S. The Hall–Kier alpha value is -2.54. The summed E-state index contributed by atoms with van der Waals surface area (Å²) in [6.45, 7) is 4.50. The van der Waals surface area contributed by atoms with Gasteiger partial charge in [-0.1, -0.05) is 18.7 Å².